The summed E-state index contributed by atoms with van der Waals surface area (Å²) < 4.78 is 0. The van der Waals surface area contributed by atoms with E-state index in [1.807, 2.05) is 0 Å². The van der Waals surface area contributed by atoms with Crippen LogP contribution in [-0.4, -0.2) is 6.54 Å². The van der Waals surface area contributed by atoms with E-state index in [1.54, 1.807) is 15.3 Å². The fourth-order valence-corrected chi connectivity index (χ4v) is 4.23. The second kappa shape index (κ2) is 7.30. The molecule has 1 aromatic heterocycles. The zero-order valence-corrected chi connectivity index (χ0v) is 12.7. The molecule has 0 saturated heterocycles. The van der Waals surface area contributed by atoms with Crippen LogP contribution in [-0.2, 0) is 12.8 Å². The molecule has 1 nitrogen and oxygen atoms in total. The van der Waals surface area contributed by atoms with E-state index in [1.165, 1.54) is 51.4 Å². The number of rotatable bonds is 6. The molecule has 0 bridgehead atoms. The molecule has 1 heterocycles. The highest BCUT2D eigenvalue weighted by Crippen LogP contribution is 2.33. The molecular weight excluding hydrogens is 238 g/mol. The number of aryl methyl sites for hydroxylation is 2. The summed E-state index contributed by atoms with van der Waals surface area (Å²) in [4.78, 5) is 3.28. The molecule has 1 aliphatic rings. The first-order chi connectivity index (χ1) is 8.85. The van der Waals surface area contributed by atoms with Gasteiger partial charge in [-0.05, 0) is 50.3 Å². The van der Waals surface area contributed by atoms with E-state index in [9.17, 15) is 0 Å². The van der Waals surface area contributed by atoms with Crippen LogP contribution in [0, 0.1) is 0 Å². The lowest BCUT2D eigenvalue weighted by molar-refractivity contribution is 0.501. The van der Waals surface area contributed by atoms with Gasteiger partial charge < -0.3 is 5.32 Å². The summed E-state index contributed by atoms with van der Waals surface area (Å²) in [7, 11) is 0. The molecule has 1 aliphatic carbocycles. The van der Waals surface area contributed by atoms with Crippen LogP contribution in [0.15, 0.2) is 6.07 Å². The lowest BCUT2D eigenvalue weighted by Crippen LogP contribution is -2.19. The maximum atomic E-state index is 3.67. The Hall–Kier alpha value is -0.340. The number of nitrogens with one attached hydrogen (secondary N) is 1. The van der Waals surface area contributed by atoms with E-state index < -0.39 is 0 Å². The Balaban J connectivity index is 2.09. The van der Waals surface area contributed by atoms with Crippen LogP contribution in [0.25, 0.3) is 0 Å². The van der Waals surface area contributed by atoms with Gasteiger partial charge in [0.05, 0.1) is 0 Å². The smallest absolute Gasteiger partial charge is 0.0414 e. The summed E-state index contributed by atoms with van der Waals surface area (Å²) in [6, 6.07) is 3.11. The Bertz CT molecular complexity index is 332. The van der Waals surface area contributed by atoms with Gasteiger partial charge in [0.1, 0.15) is 0 Å². The third-order valence-corrected chi connectivity index (χ3v) is 5.26. The quantitative estimate of drug-likeness (QED) is 0.724. The maximum Gasteiger partial charge on any atom is 0.0414 e. The normalized spacial score (nSPS) is 17.2. The highest BCUT2D eigenvalue weighted by molar-refractivity contribution is 7.12. The van der Waals surface area contributed by atoms with Gasteiger partial charge in [0.25, 0.3) is 0 Å². The second-order valence-electron chi connectivity index (χ2n) is 5.41. The lowest BCUT2D eigenvalue weighted by Gasteiger charge is -2.15. The summed E-state index contributed by atoms with van der Waals surface area (Å²) in [6.45, 7) is 5.58. The van der Waals surface area contributed by atoms with Crippen LogP contribution < -0.4 is 5.32 Å². The molecule has 102 valence electrons. The van der Waals surface area contributed by atoms with Gasteiger partial charge in [0.2, 0.25) is 0 Å². The van der Waals surface area contributed by atoms with Gasteiger partial charge in [0.15, 0.2) is 0 Å². The first-order valence-electron chi connectivity index (χ1n) is 7.70. The van der Waals surface area contributed by atoms with Crippen molar-refractivity contribution in [2.24, 2.45) is 0 Å². The molecule has 0 aliphatic heterocycles. The van der Waals surface area contributed by atoms with E-state index in [2.05, 4.69) is 36.6 Å². The molecule has 2 heteroatoms. The average molecular weight is 265 g/mol. The Morgan fingerprint density at radius 2 is 2.06 bits per heavy atom. The van der Waals surface area contributed by atoms with E-state index >= 15 is 0 Å². The molecule has 0 radical (unpaired) electrons. The minimum atomic E-state index is 0.604. The summed E-state index contributed by atoms with van der Waals surface area (Å²) >= 11 is 2.08. The second-order valence-corrected chi connectivity index (χ2v) is 6.58. The van der Waals surface area contributed by atoms with Gasteiger partial charge in [-0.1, -0.05) is 33.1 Å². The number of hydrogen-bond donors (Lipinski definition) is 1. The fraction of sp³-hybridized carbons (Fsp3) is 0.750. The van der Waals surface area contributed by atoms with Gasteiger partial charge >= 0.3 is 0 Å². The monoisotopic (exact) mass is 265 g/mol. The van der Waals surface area contributed by atoms with Crippen molar-refractivity contribution in [2.75, 3.05) is 6.54 Å². The van der Waals surface area contributed by atoms with Crippen molar-refractivity contribution in [2.45, 2.75) is 71.3 Å². The van der Waals surface area contributed by atoms with Gasteiger partial charge in [-0.2, -0.15) is 0 Å². The van der Waals surface area contributed by atoms with Crippen molar-refractivity contribution in [3.05, 3.63) is 21.4 Å². The van der Waals surface area contributed by atoms with Gasteiger partial charge in [-0.15, -0.1) is 11.3 Å². The van der Waals surface area contributed by atoms with E-state index in [-0.39, 0.29) is 0 Å². The number of thiophene rings is 1. The topological polar surface area (TPSA) is 12.0 Å². The molecule has 1 atom stereocenters. The van der Waals surface area contributed by atoms with Gasteiger partial charge in [-0.25, -0.2) is 0 Å². The first-order valence-corrected chi connectivity index (χ1v) is 8.51. The summed E-state index contributed by atoms with van der Waals surface area (Å²) in [6.07, 6.45) is 10.8. The van der Waals surface area contributed by atoms with Crippen molar-refractivity contribution < 1.29 is 0 Å². The average Bonchev–Trinajstić information content (AvgIpc) is 2.66. The molecule has 1 unspecified atom stereocenters. The van der Waals surface area contributed by atoms with Crippen LogP contribution in [0.2, 0.25) is 0 Å². The van der Waals surface area contributed by atoms with Crippen molar-refractivity contribution >= 4 is 11.3 Å². The zero-order valence-electron chi connectivity index (χ0n) is 11.9. The van der Waals surface area contributed by atoms with Crippen molar-refractivity contribution in [3.63, 3.8) is 0 Å². The molecule has 0 spiro atoms. The third kappa shape index (κ3) is 3.58. The standard InChI is InChI=1S/C16H27NS/c1-3-5-10-14(17-4-2)16-12-13-9-7-6-8-11-15(13)18-16/h12,14,17H,3-11H2,1-2H3. The molecule has 1 aromatic rings. The predicted octanol–water partition coefficient (Wildman–Crippen LogP) is 4.86. The molecule has 0 fully saturated rings. The molecule has 0 aromatic carbocycles. The highest BCUT2D eigenvalue weighted by Gasteiger charge is 2.17. The Morgan fingerprint density at radius 1 is 1.22 bits per heavy atom. The van der Waals surface area contributed by atoms with Crippen LogP contribution >= 0.6 is 11.3 Å². The van der Waals surface area contributed by atoms with Crippen molar-refractivity contribution in [1.29, 1.82) is 0 Å². The van der Waals surface area contributed by atoms with E-state index in [0.29, 0.717) is 6.04 Å². The van der Waals surface area contributed by atoms with E-state index in [4.69, 9.17) is 0 Å². The van der Waals surface area contributed by atoms with Crippen molar-refractivity contribution in [1.82, 2.24) is 5.32 Å². The summed E-state index contributed by atoms with van der Waals surface area (Å²) in [5.41, 5.74) is 1.66. The number of unbranched alkanes of at least 4 members (excludes halogenated alkanes) is 1. The molecule has 18 heavy (non-hydrogen) atoms. The molecule has 0 saturated carbocycles. The largest absolute Gasteiger partial charge is 0.310 e. The van der Waals surface area contributed by atoms with Crippen LogP contribution in [0.4, 0.5) is 0 Å². The molecular formula is C16H27NS. The Kier molecular flexibility index (Phi) is 5.71. The van der Waals surface area contributed by atoms with Gasteiger partial charge in [-0.3, -0.25) is 0 Å². The fourth-order valence-electron chi connectivity index (χ4n) is 2.86. The Labute approximate surface area is 116 Å². The predicted molar refractivity (Wildman–Crippen MR) is 81.5 cm³/mol. The Morgan fingerprint density at radius 3 is 2.83 bits per heavy atom. The molecule has 1 N–H and O–H groups in total. The maximum absolute atomic E-state index is 3.67. The molecule has 0 amide bonds. The van der Waals surface area contributed by atoms with Gasteiger partial charge in [0, 0.05) is 15.8 Å². The summed E-state index contributed by atoms with van der Waals surface area (Å²) in [5.74, 6) is 0. The zero-order chi connectivity index (χ0) is 12.8. The van der Waals surface area contributed by atoms with Crippen molar-refractivity contribution in [3.8, 4) is 0 Å². The number of fused-ring (bicyclic) bond motifs is 1. The number of hydrogen-bond acceptors (Lipinski definition) is 2. The highest BCUT2D eigenvalue weighted by atomic mass is 32.1. The van der Waals surface area contributed by atoms with Crippen LogP contribution in [0.5, 0.6) is 0 Å². The van der Waals surface area contributed by atoms with Crippen LogP contribution in [0.3, 0.4) is 0 Å². The summed E-state index contributed by atoms with van der Waals surface area (Å²) in [5, 5.41) is 3.67. The first kappa shape index (κ1) is 14.1. The molecule has 2 rings (SSSR count). The minimum absolute atomic E-state index is 0.604. The third-order valence-electron chi connectivity index (χ3n) is 3.91. The minimum Gasteiger partial charge on any atom is -0.310 e. The van der Waals surface area contributed by atoms with E-state index in [0.717, 1.165) is 6.54 Å². The van der Waals surface area contributed by atoms with Crippen LogP contribution in [0.1, 0.15) is 73.7 Å². The SMILES string of the molecule is CCCCC(NCC)c1cc2c(s1)CCCCC2. The lowest BCUT2D eigenvalue weighted by atomic mass is 10.1.